The number of nitrogens with one attached hydrogen (secondary N) is 1. The van der Waals surface area contributed by atoms with Crippen LogP contribution in [-0.4, -0.2) is 76.6 Å². The number of hydrogen-bond donors (Lipinski definition) is 1. The first kappa shape index (κ1) is 19.3. The summed E-state index contributed by atoms with van der Waals surface area (Å²) >= 11 is 0. The van der Waals surface area contributed by atoms with Gasteiger partial charge < -0.3 is 9.64 Å². The molecule has 2 saturated heterocycles. The Labute approximate surface area is 155 Å². The van der Waals surface area contributed by atoms with E-state index in [-0.39, 0.29) is 10.8 Å². The van der Waals surface area contributed by atoms with E-state index >= 15 is 0 Å². The zero-order chi connectivity index (χ0) is 18.6. The zero-order valence-electron chi connectivity index (χ0n) is 15.2. The van der Waals surface area contributed by atoms with Gasteiger partial charge in [0.1, 0.15) is 0 Å². The number of hydrogen-bond acceptors (Lipinski definition) is 5. The number of amides is 1. The molecule has 0 unspecified atom stereocenters. The van der Waals surface area contributed by atoms with E-state index in [1.807, 2.05) is 6.92 Å². The Morgan fingerprint density at radius 3 is 2.54 bits per heavy atom. The molecule has 1 N–H and O–H groups in total. The van der Waals surface area contributed by atoms with Gasteiger partial charge in [-0.3, -0.25) is 9.69 Å². The third-order valence-corrected chi connectivity index (χ3v) is 6.43. The summed E-state index contributed by atoms with van der Waals surface area (Å²) in [7, 11) is -3.64. The lowest BCUT2D eigenvalue weighted by atomic mass is 10.1. The van der Waals surface area contributed by atoms with Crippen LogP contribution in [0.2, 0.25) is 0 Å². The van der Waals surface area contributed by atoms with E-state index in [4.69, 9.17) is 4.74 Å². The largest absolute Gasteiger partial charge is 0.379 e. The summed E-state index contributed by atoms with van der Waals surface area (Å²) < 4.78 is 33.1. The summed E-state index contributed by atoms with van der Waals surface area (Å²) in [6.07, 6.45) is 2.01. The minimum atomic E-state index is -3.64. The third-order valence-electron chi connectivity index (χ3n) is 4.97. The summed E-state index contributed by atoms with van der Waals surface area (Å²) in [5.41, 5.74) is 1.28. The van der Waals surface area contributed by atoms with Crippen molar-refractivity contribution in [3.05, 3.63) is 29.3 Å². The summed E-state index contributed by atoms with van der Waals surface area (Å²) in [4.78, 5) is 16.8. The lowest BCUT2D eigenvalue weighted by Crippen LogP contribution is -2.41. The average molecular weight is 381 g/mol. The van der Waals surface area contributed by atoms with Crippen molar-refractivity contribution in [2.45, 2.75) is 24.7 Å². The molecule has 0 aromatic heterocycles. The van der Waals surface area contributed by atoms with E-state index in [1.54, 1.807) is 17.0 Å². The minimum Gasteiger partial charge on any atom is -0.379 e. The maximum absolute atomic E-state index is 12.7. The van der Waals surface area contributed by atoms with Crippen molar-refractivity contribution in [2.75, 3.05) is 52.5 Å². The second kappa shape index (κ2) is 8.47. The molecule has 3 rings (SSSR count). The molecule has 8 heteroatoms. The molecule has 1 aromatic rings. The molecule has 2 aliphatic rings. The molecule has 0 atom stereocenters. The highest BCUT2D eigenvalue weighted by molar-refractivity contribution is 7.89. The number of carbonyl (C=O) groups excluding carboxylic acids is 1. The summed E-state index contributed by atoms with van der Waals surface area (Å²) in [6.45, 7) is 7.33. The first-order valence-electron chi connectivity index (χ1n) is 9.17. The van der Waals surface area contributed by atoms with Crippen molar-refractivity contribution < 1.29 is 17.9 Å². The van der Waals surface area contributed by atoms with Crippen LogP contribution in [0.15, 0.2) is 23.1 Å². The molecular formula is C18H27N3O4S. The van der Waals surface area contributed by atoms with E-state index in [1.165, 1.54) is 6.07 Å². The molecule has 7 nitrogen and oxygen atoms in total. The molecule has 0 spiro atoms. The Balaban J connectivity index is 1.66. The second-order valence-corrected chi connectivity index (χ2v) is 8.59. The van der Waals surface area contributed by atoms with Gasteiger partial charge in [-0.05, 0) is 37.5 Å². The average Bonchev–Trinajstić information content (AvgIpc) is 3.17. The highest BCUT2D eigenvalue weighted by Crippen LogP contribution is 2.19. The van der Waals surface area contributed by atoms with Crippen molar-refractivity contribution in [1.82, 2.24) is 14.5 Å². The molecule has 144 valence electrons. The maximum atomic E-state index is 12.7. The number of nitrogens with zero attached hydrogens (tertiary/aromatic N) is 2. The van der Waals surface area contributed by atoms with E-state index in [2.05, 4.69) is 9.62 Å². The lowest BCUT2D eigenvalue weighted by Gasteiger charge is -2.26. The molecule has 2 fully saturated rings. The van der Waals surface area contributed by atoms with E-state index in [0.717, 1.165) is 44.6 Å². The molecule has 2 heterocycles. The van der Waals surface area contributed by atoms with Crippen LogP contribution in [0.4, 0.5) is 0 Å². The molecule has 0 bridgehead atoms. The topological polar surface area (TPSA) is 79.0 Å². The summed E-state index contributed by atoms with van der Waals surface area (Å²) in [6, 6.07) is 4.78. The van der Waals surface area contributed by atoms with Gasteiger partial charge in [-0.1, -0.05) is 6.07 Å². The van der Waals surface area contributed by atoms with E-state index in [0.29, 0.717) is 31.9 Å². The number of likely N-dealkylation sites (tertiary alicyclic amines) is 1. The van der Waals surface area contributed by atoms with Crippen molar-refractivity contribution in [1.29, 1.82) is 0 Å². The SMILES string of the molecule is Cc1ccc(S(=O)(=O)NCCN2CCOCC2)cc1C(=O)N1CCCC1. The fraction of sp³-hybridized carbons (Fsp3) is 0.611. The molecule has 0 saturated carbocycles. The number of rotatable bonds is 6. The van der Waals surface area contributed by atoms with Crippen molar-refractivity contribution in [2.24, 2.45) is 0 Å². The fourth-order valence-electron chi connectivity index (χ4n) is 3.34. The van der Waals surface area contributed by atoms with Gasteiger partial charge in [0.25, 0.3) is 5.91 Å². The quantitative estimate of drug-likeness (QED) is 0.790. The van der Waals surface area contributed by atoms with Gasteiger partial charge in [-0.15, -0.1) is 0 Å². The lowest BCUT2D eigenvalue weighted by molar-refractivity contribution is 0.0390. The third kappa shape index (κ3) is 4.62. The molecule has 1 aromatic carbocycles. The van der Waals surface area contributed by atoms with Gasteiger partial charge in [-0.25, -0.2) is 13.1 Å². The maximum Gasteiger partial charge on any atom is 0.254 e. The smallest absolute Gasteiger partial charge is 0.254 e. The van der Waals surface area contributed by atoms with Crippen LogP contribution in [0, 0.1) is 6.92 Å². The van der Waals surface area contributed by atoms with Gasteiger partial charge in [0, 0.05) is 44.8 Å². The van der Waals surface area contributed by atoms with Gasteiger partial charge in [-0.2, -0.15) is 0 Å². The van der Waals surface area contributed by atoms with Gasteiger partial charge in [0.15, 0.2) is 0 Å². The Hall–Kier alpha value is -1.48. The first-order valence-corrected chi connectivity index (χ1v) is 10.7. The fourth-order valence-corrected chi connectivity index (χ4v) is 4.38. The molecular weight excluding hydrogens is 354 g/mol. The van der Waals surface area contributed by atoms with Crippen LogP contribution < -0.4 is 4.72 Å². The Kier molecular flexibility index (Phi) is 6.29. The van der Waals surface area contributed by atoms with Crippen LogP contribution in [0.1, 0.15) is 28.8 Å². The Bertz CT molecular complexity index is 739. The highest BCUT2D eigenvalue weighted by atomic mass is 32.2. The number of ether oxygens (including phenoxy) is 1. The standard InChI is InChI=1S/C18H27N3O4S/c1-15-4-5-16(14-17(15)18(22)21-7-2-3-8-21)26(23,24)19-6-9-20-10-12-25-13-11-20/h4-5,14,19H,2-3,6-13H2,1H3. The van der Waals surface area contributed by atoms with Crippen LogP contribution in [0.5, 0.6) is 0 Å². The predicted molar refractivity (Wildman–Crippen MR) is 98.8 cm³/mol. The van der Waals surface area contributed by atoms with Crippen LogP contribution in [0.25, 0.3) is 0 Å². The second-order valence-electron chi connectivity index (χ2n) is 6.83. The van der Waals surface area contributed by atoms with Crippen molar-refractivity contribution in [3.63, 3.8) is 0 Å². The van der Waals surface area contributed by atoms with Gasteiger partial charge in [0.05, 0.1) is 18.1 Å². The number of benzene rings is 1. The molecule has 2 aliphatic heterocycles. The molecule has 0 aliphatic carbocycles. The van der Waals surface area contributed by atoms with Crippen molar-refractivity contribution in [3.8, 4) is 0 Å². The predicted octanol–water partition coefficient (Wildman–Crippen LogP) is 0.842. The van der Waals surface area contributed by atoms with Gasteiger partial charge >= 0.3 is 0 Å². The van der Waals surface area contributed by atoms with Crippen LogP contribution in [-0.2, 0) is 14.8 Å². The first-order chi connectivity index (χ1) is 12.5. The molecule has 0 radical (unpaired) electrons. The monoisotopic (exact) mass is 381 g/mol. The van der Waals surface area contributed by atoms with Crippen molar-refractivity contribution >= 4 is 15.9 Å². The number of morpholine rings is 1. The van der Waals surface area contributed by atoms with Gasteiger partial charge in [0.2, 0.25) is 10.0 Å². The highest BCUT2D eigenvalue weighted by Gasteiger charge is 2.23. The summed E-state index contributed by atoms with van der Waals surface area (Å²) in [5.74, 6) is -0.0784. The number of sulfonamides is 1. The minimum absolute atomic E-state index is 0.0784. The van der Waals surface area contributed by atoms with Crippen LogP contribution >= 0.6 is 0 Å². The van der Waals surface area contributed by atoms with E-state index < -0.39 is 10.0 Å². The van der Waals surface area contributed by atoms with E-state index in [9.17, 15) is 13.2 Å². The zero-order valence-corrected chi connectivity index (χ0v) is 16.1. The van der Waals surface area contributed by atoms with Crippen LogP contribution in [0.3, 0.4) is 0 Å². The number of aryl methyl sites for hydroxylation is 1. The normalized spacial score (nSPS) is 19.0. The number of carbonyl (C=O) groups is 1. The molecule has 26 heavy (non-hydrogen) atoms. The molecule has 1 amide bonds. The summed E-state index contributed by atoms with van der Waals surface area (Å²) in [5, 5.41) is 0. The Morgan fingerprint density at radius 1 is 1.15 bits per heavy atom. The Morgan fingerprint density at radius 2 is 1.85 bits per heavy atom.